The normalized spacial score (nSPS) is 18.1. The first-order chi connectivity index (χ1) is 8.70. The van der Waals surface area contributed by atoms with Gasteiger partial charge in [0, 0.05) is 22.4 Å². The van der Waals surface area contributed by atoms with Gasteiger partial charge >= 0.3 is 0 Å². The zero-order chi connectivity index (χ0) is 14.3. The third-order valence-corrected chi connectivity index (χ3v) is 5.08. The fourth-order valence-electron chi connectivity index (χ4n) is 2.07. The summed E-state index contributed by atoms with van der Waals surface area (Å²) in [5.74, 6) is 0.676. The van der Waals surface area contributed by atoms with Gasteiger partial charge in [-0.25, -0.2) is 4.98 Å². The van der Waals surface area contributed by atoms with Crippen LogP contribution in [0.4, 0.5) is 0 Å². The molecule has 19 heavy (non-hydrogen) atoms. The summed E-state index contributed by atoms with van der Waals surface area (Å²) in [5, 5.41) is 4.98. The van der Waals surface area contributed by atoms with Crippen LogP contribution in [-0.2, 0) is 18.4 Å². The Morgan fingerprint density at radius 1 is 1.32 bits per heavy atom. The van der Waals surface area contributed by atoms with Crippen molar-refractivity contribution >= 4 is 11.3 Å². The van der Waals surface area contributed by atoms with Crippen LogP contribution in [0.5, 0.6) is 0 Å². The van der Waals surface area contributed by atoms with E-state index in [-0.39, 0.29) is 5.54 Å². The van der Waals surface area contributed by atoms with Gasteiger partial charge in [0.25, 0.3) is 0 Å². The molecule has 1 aliphatic rings. The van der Waals surface area contributed by atoms with Gasteiger partial charge in [0.05, 0.1) is 10.7 Å². The Morgan fingerprint density at radius 2 is 1.95 bits per heavy atom. The highest BCUT2D eigenvalue weighted by Crippen LogP contribution is 2.49. The van der Waals surface area contributed by atoms with Crippen LogP contribution in [0.2, 0.25) is 0 Å². The summed E-state index contributed by atoms with van der Waals surface area (Å²) in [6.07, 6.45) is 3.73. The molecule has 1 aromatic rings. The lowest BCUT2D eigenvalue weighted by Crippen LogP contribution is -2.35. The Hall–Kier alpha value is -0.410. The van der Waals surface area contributed by atoms with Gasteiger partial charge in [-0.2, -0.15) is 0 Å². The smallest absolute Gasteiger partial charge is 0.0990 e. The third-order valence-electron chi connectivity index (χ3n) is 3.68. The molecule has 0 aliphatic heterocycles. The van der Waals surface area contributed by atoms with Gasteiger partial charge in [-0.1, -0.05) is 20.8 Å². The molecule has 2 rings (SSSR count). The van der Waals surface area contributed by atoms with Crippen molar-refractivity contribution in [1.82, 2.24) is 10.3 Å². The zero-order valence-corrected chi connectivity index (χ0v) is 14.1. The van der Waals surface area contributed by atoms with Crippen LogP contribution < -0.4 is 5.32 Å². The van der Waals surface area contributed by atoms with Crippen molar-refractivity contribution < 1.29 is 0 Å². The molecule has 1 N–H and O–H groups in total. The highest BCUT2D eigenvalue weighted by Gasteiger charge is 2.42. The van der Waals surface area contributed by atoms with Gasteiger partial charge in [-0.3, -0.25) is 0 Å². The molecule has 2 nitrogen and oxygen atoms in total. The summed E-state index contributed by atoms with van der Waals surface area (Å²) in [6.45, 7) is 14.5. The minimum absolute atomic E-state index is 0.169. The SMILES string of the molecule is CC(C)Cc1nc(C2(C)CC2)sc1CNC(C)(C)C. The third kappa shape index (κ3) is 4.03. The molecule has 0 unspecified atom stereocenters. The molecular formula is C16H28N2S. The fraction of sp³-hybridized carbons (Fsp3) is 0.812. The molecule has 0 amide bonds. The highest BCUT2D eigenvalue weighted by atomic mass is 32.1. The molecule has 1 saturated carbocycles. The zero-order valence-electron chi connectivity index (χ0n) is 13.3. The predicted octanol–water partition coefficient (Wildman–Crippen LogP) is 4.28. The Labute approximate surface area is 122 Å². The van der Waals surface area contributed by atoms with E-state index in [1.807, 2.05) is 11.3 Å². The minimum Gasteiger partial charge on any atom is -0.307 e. The Bertz CT molecular complexity index is 436. The average Bonchev–Trinajstić information content (AvgIpc) is 2.87. The topological polar surface area (TPSA) is 24.9 Å². The maximum absolute atomic E-state index is 4.96. The van der Waals surface area contributed by atoms with Gasteiger partial charge in [0.1, 0.15) is 0 Å². The second kappa shape index (κ2) is 5.17. The first kappa shape index (κ1) is 15.0. The largest absolute Gasteiger partial charge is 0.307 e. The first-order valence-electron chi connectivity index (χ1n) is 7.44. The van der Waals surface area contributed by atoms with Crippen molar-refractivity contribution in [2.75, 3.05) is 0 Å². The molecule has 108 valence electrons. The number of nitrogens with zero attached hydrogens (tertiary/aromatic N) is 1. The Balaban J connectivity index is 2.16. The summed E-state index contributed by atoms with van der Waals surface area (Å²) >= 11 is 1.94. The van der Waals surface area contributed by atoms with Gasteiger partial charge in [-0.15, -0.1) is 11.3 Å². The number of aromatic nitrogens is 1. The standard InChI is InChI=1S/C16H28N2S/c1-11(2)9-12-13(10-17-15(3,4)5)19-14(18-12)16(6)7-8-16/h11,17H,7-10H2,1-6H3. The van der Waals surface area contributed by atoms with Gasteiger partial charge in [0.15, 0.2) is 0 Å². The van der Waals surface area contributed by atoms with E-state index < -0.39 is 0 Å². The van der Waals surface area contributed by atoms with Crippen LogP contribution in [0.25, 0.3) is 0 Å². The quantitative estimate of drug-likeness (QED) is 0.870. The van der Waals surface area contributed by atoms with Crippen LogP contribution in [-0.4, -0.2) is 10.5 Å². The lowest BCUT2D eigenvalue weighted by molar-refractivity contribution is 0.425. The summed E-state index contributed by atoms with van der Waals surface area (Å²) in [4.78, 5) is 6.41. The molecule has 0 radical (unpaired) electrons. The highest BCUT2D eigenvalue weighted by molar-refractivity contribution is 7.12. The summed E-state index contributed by atoms with van der Waals surface area (Å²) < 4.78 is 0. The van der Waals surface area contributed by atoms with Crippen LogP contribution >= 0.6 is 11.3 Å². The van der Waals surface area contributed by atoms with Gasteiger partial charge in [0.2, 0.25) is 0 Å². The maximum atomic E-state index is 4.96. The lowest BCUT2D eigenvalue weighted by Gasteiger charge is -2.20. The molecule has 3 heteroatoms. The lowest BCUT2D eigenvalue weighted by atomic mass is 10.1. The second-order valence-corrected chi connectivity index (χ2v) is 8.73. The van der Waals surface area contributed by atoms with E-state index in [0.717, 1.165) is 13.0 Å². The van der Waals surface area contributed by atoms with Crippen LogP contribution in [0, 0.1) is 5.92 Å². The minimum atomic E-state index is 0.169. The van der Waals surface area contributed by atoms with E-state index in [2.05, 4.69) is 46.9 Å². The number of hydrogen-bond donors (Lipinski definition) is 1. The molecule has 1 heterocycles. The molecule has 0 atom stereocenters. The Kier molecular flexibility index (Phi) is 4.08. The second-order valence-electron chi connectivity index (χ2n) is 7.65. The van der Waals surface area contributed by atoms with E-state index >= 15 is 0 Å². The molecule has 0 aromatic carbocycles. The average molecular weight is 280 g/mol. The van der Waals surface area contributed by atoms with E-state index in [9.17, 15) is 0 Å². The van der Waals surface area contributed by atoms with E-state index in [1.165, 1.54) is 28.4 Å². The van der Waals surface area contributed by atoms with Crippen molar-refractivity contribution in [3.8, 4) is 0 Å². The molecule has 1 aliphatic carbocycles. The van der Waals surface area contributed by atoms with Gasteiger partial charge < -0.3 is 5.32 Å². The van der Waals surface area contributed by atoms with Crippen molar-refractivity contribution in [2.24, 2.45) is 5.92 Å². The summed E-state index contributed by atoms with van der Waals surface area (Å²) in [5.41, 5.74) is 1.90. The van der Waals surface area contributed by atoms with Gasteiger partial charge in [-0.05, 0) is 46.0 Å². The van der Waals surface area contributed by atoms with E-state index in [1.54, 1.807) is 0 Å². The van der Waals surface area contributed by atoms with Crippen LogP contribution in [0.15, 0.2) is 0 Å². The summed E-state index contributed by atoms with van der Waals surface area (Å²) in [7, 11) is 0. The monoisotopic (exact) mass is 280 g/mol. The number of thiazole rings is 1. The number of nitrogens with one attached hydrogen (secondary N) is 1. The van der Waals surface area contributed by atoms with Crippen molar-refractivity contribution in [3.63, 3.8) is 0 Å². The van der Waals surface area contributed by atoms with E-state index in [0.29, 0.717) is 11.3 Å². The maximum Gasteiger partial charge on any atom is 0.0990 e. The molecule has 0 spiro atoms. The van der Waals surface area contributed by atoms with Crippen LogP contribution in [0.3, 0.4) is 0 Å². The Morgan fingerprint density at radius 3 is 2.42 bits per heavy atom. The van der Waals surface area contributed by atoms with E-state index in [4.69, 9.17) is 4.98 Å². The van der Waals surface area contributed by atoms with Crippen LogP contribution in [0.1, 0.15) is 70.0 Å². The fourth-order valence-corrected chi connectivity index (χ4v) is 3.30. The first-order valence-corrected chi connectivity index (χ1v) is 8.25. The van der Waals surface area contributed by atoms with Crippen molar-refractivity contribution in [1.29, 1.82) is 0 Å². The number of rotatable bonds is 5. The summed E-state index contributed by atoms with van der Waals surface area (Å²) in [6, 6.07) is 0. The molecule has 1 fully saturated rings. The molecule has 0 saturated heterocycles. The molecular weight excluding hydrogens is 252 g/mol. The van der Waals surface area contributed by atoms with Crippen molar-refractivity contribution in [2.45, 2.75) is 78.3 Å². The molecule has 0 bridgehead atoms. The number of hydrogen-bond acceptors (Lipinski definition) is 3. The van der Waals surface area contributed by atoms with Crippen molar-refractivity contribution in [3.05, 3.63) is 15.6 Å². The molecule has 1 aromatic heterocycles. The predicted molar refractivity (Wildman–Crippen MR) is 83.8 cm³/mol.